The van der Waals surface area contributed by atoms with Gasteiger partial charge >= 0.3 is 5.97 Å². The van der Waals surface area contributed by atoms with E-state index in [-0.39, 0.29) is 17.9 Å². The Labute approximate surface area is 122 Å². The van der Waals surface area contributed by atoms with Crippen LogP contribution in [0.2, 0.25) is 0 Å². The second kappa shape index (κ2) is 8.28. The molecule has 20 heavy (non-hydrogen) atoms. The zero-order valence-electron chi connectivity index (χ0n) is 13.1. The molecule has 1 fully saturated rings. The molecule has 4 nitrogen and oxygen atoms in total. The highest BCUT2D eigenvalue weighted by molar-refractivity contribution is 5.85. The van der Waals surface area contributed by atoms with Gasteiger partial charge in [-0.05, 0) is 32.6 Å². The maximum Gasteiger partial charge on any atom is 0.307 e. The number of amides is 1. The first-order valence-electron chi connectivity index (χ1n) is 8.06. The number of unbranched alkanes of at least 4 members (excludes halogenated alkanes) is 1. The first kappa shape index (κ1) is 17.0. The molecule has 1 saturated carbocycles. The van der Waals surface area contributed by atoms with Crippen LogP contribution in [0.25, 0.3) is 0 Å². The third-order valence-corrected chi connectivity index (χ3v) is 4.56. The fraction of sp³-hybridized carbons (Fsp3) is 0.875. The topological polar surface area (TPSA) is 57.6 Å². The van der Waals surface area contributed by atoms with Crippen molar-refractivity contribution in [1.29, 1.82) is 0 Å². The summed E-state index contributed by atoms with van der Waals surface area (Å²) < 4.78 is 0. The third-order valence-electron chi connectivity index (χ3n) is 4.56. The van der Waals surface area contributed by atoms with Gasteiger partial charge in [0.15, 0.2) is 0 Å². The van der Waals surface area contributed by atoms with Gasteiger partial charge in [-0.2, -0.15) is 0 Å². The predicted molar refractivity (Wildman–Crippen MR) is 79.5 cm³/mol. The largest absolute Gasteiger partial charge is 0.481 e. The molecule has 0 saturated heterocycles. The Morgan fingerprint density at radius 3 is 2.30 bits per heavy atom. The Kier molecular flexibility index (Phi) is 7.03. The molecule has 0 aromatic carbocycles. The van der Waals surface area contributed by atoms with Crippen LogP contribution in [0.3, 0.4) is 0 Å². The number of rotatable bonds is 7. The lowest BCUT2D eigenvalue weighted by Gasteiger charge is -2.36. The highest BCUT2D eigenvalue weighted by Gasteiger charge is 2.38. The van der Waals surface area contributed by atoms with Crippen molar-refractivity contribution >= 4 is 11.9 Å². The molecule has 0 aromatic heterocycles. The summed E-state index contributed by atoms with van der Waals surface area (Å²) in [6.07, 6.45) is 6.23. The average Bonchev–Trinajstić information content (AvgIpc) is 2.46. The number of hydrogen-bond acceptors (Lipinski definition) is 2. The minimum Gasteiger partial charge on any atom is -0.481 e. The van der Waals surface area contributed by atoms with Gasteiger partial charge in [-0.1, -0.05) is 33.1 Å². The third kappa shape index (κ3) is 4.22. The molecule has 3 unspecified atom stereocenters. The molecule has 1 N–H and O–H groups in total. The van der Waals surface area contributed by atoms with Crippen LogP contribution in [0.1, 0.15) is 65.7 Å². The van der Waals surface area contributed by atoms with Crippen molar-refractivity contribution in [2.45, 2.75) is 71.8 Å². The molecule has 0 bridgehead atoms. The molecule has 116 valence electrons. The molecule has 1 aliphatic rings. The fourth-order valence-electron chi connectivity index (χ4n) is 3.03. The van der Waals surface area contributed by atoms with Gasteiger partial charge in [0, 0.05) is 12.6 Å². The monoisotopic (exact) mass is 283 g/mol. The molecule has 1 aliphatic carbocycles. The molecule has 0 aliphatic heterocycles. The van der Waals surface area contributed by atoms with Gasteiger partial charge in [-0.3, -0.25) is 9.59 Å². The smallest absolute Gasteiger partial charge is 0.307 e. The molecular formula is C16H29NO3. The van der Waals surface area contributed by atoms with Gasteiger partial charge in [0.25, 0.3) is 0 Å². The van der Waals surface area contributed by atoms with Gasteiger partial charge < -0.3 is 10.0 Å². The second-order valence-corrected chi connectivity index (χ2v) is 5.98. The van der Waals surface area contributed by atoms with Gasteiger partial charge in [-0.25, -0.2) is 0 Å². The van der Waals surface area contributed by atoms with Crippen LogP contribution in [0.5, 0.6) is 0 Å². The summed E-state index contributed by atoms with van der Waals surface area (Å²) in [5, 5.41) is 9.34. The Morgan fingerprint density at radius 1 is 1.20 bits per heavy atom. The minimum absolute atomic E-state index is 0.0694. The number of carboxylic acid groups (broad SMARTS) is 1. The normalized spacial score (nSPS) is 24.1. The lowest BCUT2D eigenvalue weighted by molar-refractivity contribution is -0.153. The van der Waals surface area contributed by atoms with Crippen molar-refractivity contribution in [3.8, 4) is 0 Å². The summed E-state index contributed by atoms with van der Waals surface area (Å²) in [5.41, 5.74) is 0. The van der Waals surface area contributed by atoms with E-state index in [1.807, 2.05) is 4.90 Å². The van der Waals surface area contributed by atoms with Gasteiger partial charge in [0.05, 0.1) is 11.8 Å². The number of nitrogens with zero attached hydrogens (tertiary/aromatic N) is 1. The lowest BCUT2D eigenvalue weighted by atomic mass is 9.78. The van der Waals surface area contributed by atoms with Crippen molar-refractivity contribution in [2.24, 2.45) is 11.8 Å². The van der Waals surface area contributed by atoms with Crippen molar-refractivity contribution in [3.05, 3.63) is 0 Å². The Balaban J connectivity index is 2.82. The summed E-state index contributed by atoms with van der Waals surface area (Å²) in [4.78, 5) is 26.1. The molecule has 3 atom stereocenters. The summed E-state index contributed by atoms with van der Waals surface area (Å²) in [6.45, 7) is 7.01. The minimum atomic E-state index is -0.803. The summed E-state index contributed by atoms with van der Waals surface area (Å²) >= 11 is 0. The maximum atomic E-state index is 12.8. The van der Waals surface area contributed by atoms with Crippen LogP contribution in [0.4, 0.5) is 0 Å². The van der Waals surface area contributed by atoms with Crippen LogP contribution in [0, 0.1) is 11.8 Å². The zero-order valence-corrected chi connectivity index (χ0v) is 13.1. The van der Waals surface area contributed by atoms with Crippen LogP contribution >= 0.6 is 0 Å². The number of carbonyl (C=O) groups excluding carboxylic acids is 1. The van der Waals surface area contributed by atoms with Crippen molar-refractivity contribution in [2.75, 3.05) is 6.54 Å². The number of aliphatic carboxylic acids is 1. The number of carboxylic acids is 1. The molecule has 1 rings (SSSR count). The van der Waals surface area contributed by atoms with E-state index >= 15 is 0 Å². The molecule has 0 radical (unpaired) electrons. The maximum absolute atomic E-state index is 12.8. The lowest BCUT2D eigenvalue weighted by Crippen LogP contribution is -2.46. The van der Waals surface area contributed by atoms with Gasteiger partial charge in [0.1, 0.15) is 0 Å². The quantitative estimate of drug-likeness (QED) is 0.780. The number of hydrogen-bond donors (Lipinski definition) is 1. The van der Waals surface area contributed by atoms with Crippen molar-refractivity contribution in [1.82, 2.24) is 4.90 Å². The molecule has 1 amide bonds. The van der Waals surface area contributed by atoms with Crippen LogP contribution in [-0.2, 0) is 9.59 Å². The summed E-state index contributed by atoms with van der Waals surface area (Å²) in [7, 11) is 0. The SMILES string of the molecule is CCCCN(C(=O)C1CCCCC1C(=O)O)C(C)CC. The van der Waals surface area contributed by atoms with E-state index in [1.165, 1.54) is 0 Å². The van der Waals surface area contributed by atoms with E-state index in [0.717, 1.165) is 45.1 Å². The van der Waals surface area contributed by atoms with E-state index in [0.29, 0.717) is 6.42 Å². The first-order valence-corrected chi connectivity index (χ1v) is 8.06. The predicted octanol–water partition coefficient (Wildman–Crippen LogP) is 3.30. The van der Waals surface area contributed by atoms with E-state index in [1.54, 1.807) is 0 Å². The Hall–Kier alpha value is -1.06. The van der Waals surface area contributed by atoms with Crippen LogP contribution in [-0.4, -0.2) is 34.5 Å². The standard InChI is InChI=1S/C16H29NO3/c1-4-6-11-17(12(3)5-2)15(18)13-9-7-8-10-14(13)16(19)20/h12-14H,4-11H2,1-3H3,(H,19,20). The summed E-state index contributed by atoms with van der Waals surface area (Å²) in [6, 6.07) is 0.199. The zero-order chi connectivity index (χ0) is 15.1. The molecule has 0 spiro atoms. The van der Waals surface area contributed by atoms with E-state index in [2.05, 4.69) is 20.8 Å². The summed E-state index contributed by atoms with van der Waals surface area (Å²) in [5.74, 6) is -1.53. The van der Waals surface area contributed by atoms with Crippen LogP contribution < -0.4 is 0 Å². The highest BCUT2D eigenvalue weighted by atomic mass is 16.4. The van der Waals surface area contributed by atoms with Crippen LogP contribution in [0.15, 0.2) is 0 Å². The molecule has 0 aromatic rings. The number of carbonyl (C=O) groups is 2. The molecule has 4 heteroatoms. The Bertz CT molecular complexity index is 330. The van der Waals surface area contributed by atoms with Crippen molar-refractivity contribution in [3.63, 3.8) is 0 Å². The molecular weight excluding hydrogens is 254 g/mol. The highest BCUT2D eigenvalue weighted by Crippen LogP contribution is 2.32. The second-order valence-electron chi connectivity index (χ2n) is 5.98. The van der Waals surface area contributed by atoms with E-state index in [4.69, 9.17) is 0 Å². The van der Waals surface area contributed by atoms with Gasteiger partial charge in [0.2, 0.25) is 5.91 Å². The molecule has 0 heterocycles. The Morgan fingerprint density at radius 2 is 1.80 bits per heavy atom. The fourth-order valence-corrected chi connectivity index (χ4v) is 3.03. The van der Waals surface area contributed by atoms with E-state index in [9.17, 15) is 14.7 Å². The van der Waals surface area contributed by atoms with Gasteiger partial charge in [-0.15, -0.1) is 0 Å². The average molecular weight is 283 g/mol. The van der Waals surface area contributed by atoms with Crippen molar-refractivity contribution < 1.29 is 14.7 Å². The van der Waals surface area contributed by atoms with E-state index < -0.39 is 11.9 Å². The first-order chi connectivity index (χ1) is 9.52.